The molecule has 0 atom stereocenters. The zero-order valence-electron chi connectivity index (χ0n) is 11.8. The molecule has 8 heteroatoms. The molecule has 6 nitrogen and oxygen atoms in total. The van der Waals surface area contributed by atoms with Crippen molar-refractivity contribution < 1.29 is 13.6 Å². The molecule has 0 unspecified atom stereocenters. The van der Waals surface area contributed by atoms with Gasteiger partial charge in [0.05, 0.1) is 6.61 Å². The highest BCUT2D eigenvalue weighted by atomic mass is 19.1. The Morgan fingerprint density at radius 3 is 2.43 bits per heavy atom. The van der Waals surface area contributed by atoms with Gasteiger partial charge in [-0.2, -0.15) is 10.1 Å². The molecule has 0 fully saturated rings. The van der Waals surface area contributed by atoms with Crippen molar-refractivity contribution in [1.82, 2.24) is 5.06 Å². The van der Waals surface area contributed by atoms with Crippen LogP contribution in [0.4, 0.5) is 8.78 Å². The highest BCUT2D eigenvalue weighted by Crippen LogP contribution is 2.20. The molecule has 1 aliphatic rings. The van der Waals surface area contributed by atoms with Gasteiger partial charge in [0.1, 0.15) is 11.6 Å². The topological polar surface area (TPSA) is 89.2 Å². The molecule has 0 spiro atoms. The monoisotopic (exact) mass is 297 g/mol. The fraction of sp³-hybridized carbons (Fsp3) is 0.385. The Bertz CT molecular complexity index is 580. The van der Waals surface area contributed by atoms with Gasteiger partial charge in [0.25, 0.3) is 0 Å². The molecule has 0 amide bonds. The van der Waals surface area contributed by atoms with E-state index in [4.69, 9.17) is 16.3 Å². The summed E-state index contributed by atoms with van der Waals surface area (Å²) in [5.41, 5.74) is 10.4. The number of nitrogens with zero attached hydrogens (tertiary/aromatic N) is 3. The predicted molar refractivity (Wildman–Crippen MR) is 75.2 cm³/mol. The minimum absolute atomic E-state index is 0.0208. The van der Waals surface area contributed by atoms with Crippen molar-refractivity contribution in [3.05, 3.63) is 35.4 Å². The standard InChI is InChI=1S/C13H17F2N5O/c1-13(2)19-11(16)18-12(17)20(13)21-7-6-8-9(14)4-3-5-10(8)15/h3-5H,6-7H2,1-2H3,(H4,16,17,18,19). The van der Waals surface area contributed by atoms with E-state index >= 15 is 0 Å². The third-order valence-corrected chi connectivity index (χ3v) is 2.96. The number of halogens is 2. The average Bonchev–Trinajstić information content (AvgIpc) is 2.34. The summed E-state index contributed by atoms with van der Waals surface area (Å²) < 4.78 is 27.0. The van der Waals surface area contributed by atoms with E-state index < -0.39 is 17.3 Å². The maximum absolute atomic E-state index is 13.5. The average molecular weight is 297 g/mol. The van der Waals surface area contributed by atoms with Crippen LogP contribution in [0.5, 0.6) is 0 Å². The van der Waals surface area contributed by atoms with Crippen LogP contribution in [0.25, 0.3) is 0 Å². The molecule has 1 heterocycles. The lowest BCUT2D eigenvalue weighted by atomic mass is 10.1. The second kappa shape index (κ2) is 5.65. The number of rotatable bonds is 4. The van der Waals surface area contributed by atoms with E-state index in [9.17, 15) is 8.78 Å². The summed E-state index contributed by atoms with van der Waals surface area (Å²) in [4.78, 5) is 13.3. The minimum Gasteiger partial charge on any atom is -0.368 e. The van der Waals surface area contributed by atoms with Gasteiger partial charge in [-0.25, -0.2) is 13.8 Å². The number of hydroxylamine groups is 2. The first-order valence-electron chi connectivity index (χ1n) is 6.37. The van der Waals surface area contributed by atoms with E-state index in [1.54, 1.807) is 13.8 Å². The number of hydrogen-bond acceptors (Lipinski definition) is 6. The Labute approximate surface area is 121 Å². The second-order valence-corrected chi connectivity index (χ2v) is 5.01. The lowest BCUT2D eigenvalue weighted by molar-refractivity contribution is -0.156. The van der Waals surface area contributed by atoms with Crippen LogP contribution in [-0.2, 0) is 11.3 Å². The Kier molecular flexibility index (Phi) is 4.08. The SMILES string of the molecule is CC1(C)N=C(N)N=C(N)N1OCCc1c(F)cccc1F. The lowest BCUT2D eigenvalue weighted by Gasteiger charge is -2.36. The van der Waals surface area contributed by atoms with Crippen LogP contribution in [0.15, 0.2) is 28.2 Å². The number of aliphatic imine (C=N–C) groups is 2. The van der Waals surface area contributed by atoms with Crippen LogP contribution in [0.1, 0.15) is 19.4 Å². The van der Waals surface area contributed by atoms with Crippen molar-refractivity contribution in [1.29, 1.82) is 0 Å². The highest BCUT2D eigenvalue weighted by Gasteiger charge is 2.33. The maximum atomic E-state index is 13.5. The van der Waals surface area contributed by atoms with Crippen LogP contribution in [0, 0.1) is 11.6 Å². The molecule has 4 N–H and O–H groups in total. The van der Waals surface area contributed by atoms with E-state index in [2.05, 4.69) is 9.98 Å². The Morgan fingerprint density at radius 1 is 1.24 bits per heavy atom. The summed E-state index contributed by atoms with van der Waals surface area (Å²) in [5.74, 6) is -1.13. The Balaban J connectivity index is 2.02. The molecule has 1 aliphatic heterocycles. The molecule has 21 heavy (non-hydrogen) atoms. The van der Waals surface area contributed by atoms with E-state index in [1.165, 1.54) is 23.3 Å². The quantitative estimate of drug-likeness (QED) is 0.871. The van der Waals surface area contributed by atoms with E-state index in [0.29, 0.717) is 0 Å². The third kappa shape index (κ3) is 3.27. The number of nitrogens with two attached hydrogens (primary N) is 2. The van der Waals surface area contributed by atoms with Crippen molar-refractivity contribution in [2.75, 3.05) is 6.61 Å². The molecule has 0 bridgehead atoms. The van der Waals surface area contributed by atoms with E-state index in [-0.39, 0.29) is 30.5 Å². The molecule has 0 saturated heterocycles. The molecule has 1 aromatic carbocycles. The van der Waals surface area contributed by atoms with Gasteiger partial charge in [0.15, 0.2) is 5.66 Å². The van der Waals surface area contributed by atoms with Crippen molar-refractivity contribution in [3.63, 3.8) is 0 Å². The Hall–Kier alpha value is -2.22. The van der Waals surface area contributed by atoms with E-state index in [1.807, 2.05) is 0 Å². The Morgan fingerprint density at radius 2 is 1.86 bits per heavy atom. The van der Waals surface area contributed by atoms with Gasteiger partial charge in [0.2, 0.25) is 11.9 Å². The molecule has 1 aromatic rings. The molecular weight excluding hydrogens is 280 g/mol. The minimum atomic E-state index is -0.844. The van der Waals surface area contributed by atoms with Gasteiger partial charge in [-0.3, -0.25) is 4.84 Å². The lowest BCUT2D eigenvalue weighted by Crippen LogP contribution is -2.53. The first-order chi connectivity index (χ1) is 9.81. The third-order valence-electron chi connectivity index (χ3n) is 2.96. The van der Waals surface area contributed by atoms with E-state index in [0.717, 1.165) is 0 Å². The molecule has 0 aromatic heterocycles. The molecule has 114 valence electrons. The normalized spacial score (nSPS) is 17.4. The van der Waals surface area contributed by atoms with Crippen LogP contribution < -0.4 is 11.5 Å². The highest BCUT2D eigenvalue weighted by molar-refractivity contribution is 5.95. The summed E-state index contributed by atoms with van der Waals surface area (Å²) in [7, 11) is 0. The number of benzene rings is 1. The largest absolute Gasteiger partial charge is 0.368 e. The zero-order valence-corrected chi connectivity index (χ0v) is 11.8. The van der Waals surface area contributed by atoms with Gasteiger partial charge in [0, 0.05) is 12.0 Å². The van der Waals surface area contributed by atoms with Crippen molar-refractivity contribution in [3.8, 4) is 0 Å². The van der Waals surface area contributed by atoms with Crippen LogP contribution in [0.2, 0.25) is 0 Å². The van der Waals surface area contributed by atoms with Crippen molar-refractivity contribution >= 4 is 11.9 Å². The zero-order chi connectivity index (χ0) is 15.6. The maximum Gasteiger partial charge on any atom is 0.226 e. The van der Waals surface area contributed by atoms with Crippen molar-refractivity contribution in [2.24, 2.45) is 21.5 Å². The number of guanidine groups is 2. The smallest absolute Gasteiger partial charge is 0.226 e. The van der Waals surface area contributed by atoms with Crippen molar-refractivity contribution in [2.45, 2.75) is 25.9 Å². The number of hydrogen-bond donors (Lipinski definition) is 2. The van der Waals surface area contributed by atoms with Crippen LogP contribution >= 0.6 is 0 Å². The fourth-order valence-electron chi connectivity index (χ4n) is 2.03. The van der Waals surface area contributed by atoms with Gasteiger partial charge < -0.3 is 11.5 Å². The molecule has 0 radical (unpaired) electrons. The van der Waals surface area contributed by atoms with Gasteiger partial charge in [-0.1, -0.05) is 6.07 Å². The first-order valence-corrected chi connectivity index (χ1v) is 6.37. The molecule has 0 saturated carbocycles. The van der Waals surface area contributed by atoms with Gasteiger partial charge in [-0.05, 0) is 26.0 Å². The summed E-state index contributed by atoms with van der Waals surface area (Å²) in [6.45, 7) is 3.48. The summed E-state index contributed by atoms with van der Waals surface area (Å²) in [6.07, 6.45) is 0.0531. The summed E-state index contributed by atoms with van der Waals surface area (Å²) in [6, 6.07) is 3.71. The molecule has 0 aliphatic carbocycles. The first kappa shape index (κ1) is 15.2. The van der Waals surface area contributed by atoms with Crippen LogP contribution in [-0.4, -0.2) is 29.3 Å². The van der Waals surface area contributed by atoms with Crippen LogP contribution in [0.3, 0.4) is 0 Å². The summed E-state index contributed by atoms with van der Waals surface area (Å²) in [5, 5.41) is 1.27. The second-order valence-electron chi connectivity index (χ2n) is 5.01. The fourth-order valence-corrected chi connectivity index (χ4v) is 2.03. The molecule has 2 rings (SSSR count). The van der Waals surface area contributed by atoms with Gasteiger partial charge in [-0.15, -0.1) is 0 Å². The van der Waals surface area contributed by atoms with Gasteiger partial charge >= 0.3 is 0 Å². The summed E-state index contributed by atoms with van der Waals surface area (Å²) >= 11 is 0. The molecular formula is C13H17F2N5O. The predicted octanol–water partition coefficient (Wildman–Crippen LogP) is 1.12.